The lowest BCUT2D eigenvalue weighted by Gasteiger charge is -2.09. The number of carboxylic acids is 1. The van der Waals surface area contributed by atoms with Crippen molar-refractivity contribution >= 4 is 16.9 Å². The van der Waals surface area contributed by atoms with E-state index in [0.717, 1.165) is 0 Å². The molecule has 2 rings (SSSR count). The van der Waals surface area contributed by atoms with E-state index in [-0.39, 0.29) is 11.3 Å². The fourth-order valence-corrected chi connectivity index (χ4v) is 1.45. The minimum absolute atomic E-state index is 0.0225. The fourth-order valence-electron chi connectivity index (χ4n) is 1.45. The standard InChI is InChI=1S/C9H7NO2.C4H8O5/c11-8-5-9(12)10-7-4-2-1-3-6(7)8;5-1-2(6)3(7)4(8)9/h1-5H,(H2,10,11,12);2-3,5-7H,1H2,(H,8,9). The van der Waals surface area contributed by atoms with Gasteiger partial charge in [0.15, 0.2) is 6.10 Å². The molecule has 0 aliphatic carbocycles. The summed E-state index contributed by atoms with van der Waals surface area (Å²) in [4.78, 5) is 23.3. The van der Waals surface area contributed by atoms with Crippen LogP contribution in [0.4, 0.5) is 0 Å². The number of benzene rings is 1. The quantitative estimate of drug-likeness (QED) is 0.426. The molecule has 0 fully saturated rings. The first-order chi connectivity index (χ1) is 9.86. The van der Waals surface area contributed by atoms with Gasteiger partial charge in [0.25, 0.3) is 5.56 Å². The number of pyridine rings is 1. The molecule has 2 unspecified atom stereocenters. The van der Waals surface area contributed by atoms with Crippen LogP contribution in [-0.2, 0) is 4.79 Å². The number of aliphatic carboxylic acids is 1. The second kappa shape index (κ2) is 7.39. The Balaban J connectivity index is 0.000000222. The highest BCUT2D eigenvalue weighted by molar-refractivity contribution is 5.84. The Morgan fingerprint density at radius 1 is 1.24 bits per heavy atom. The number of H-pyrrole nitrogens is 1. The summed E-state index contributed by atoms with van der Waals surface area (Å²) in [6.07, 6.45) is -3.49. The zero-order chi connectivity index (χ0) is 16.0. The number of carbonyl (C=O) groups is 1. The molecular formula is C13H15NO7. The van der Waals surface area contributed by atoms with Crippen LogP contribution in [0.2, 0.25) is 0 Å². The molecule has 0 aliphatic rings. The molecule has 114 valence electrons. The summed E-state index contributed by atoms with van der Waals surface area (Å²) in [6.45, 7) is -0.756. The number of carboxylic acid groups (broad SMARTS) is 1. The maximum Gasteiger partial charge on any atom is 0.335 e. The van der Waals surface area contributed by atoms with E-state index in [1.165, 1.54) is 6.07 Å². The number of aliphatic hydroxyl groups excluding tert-OH is 3. The lowest BCUT2D eigenvalue weighted by Crippen LogP contribution is -2.36. The van der Waals surface area contributed by atoms with E-state index in [1.807, 2.05) is 0 Å². The molecular weight excluding hydrogens is 282 g/mol. The summed E-state index contributed by atoms with van der Waals surface area (Å²) in [5.41, 5.74) is 0.369. The van der Waals surface area contributed by atoms with Crippen molar-refractivity contribution in [2.24, 2.45) is 0 Å². The average molecular weight is 297 g/mol. The van der Waals surface area contributed by atoms with Crippen LogP contribution in [0.3, 0.4) is 0 Å². The molecule has 2 aromatic rings. The number of nitrogens with one attached hydrogen (secondary N) is 1. The maximum atomic E-state index is 10.9. The van der Waals surface area contributed by atoms with Crippen LogP contribution >= 0.6 is 0 Å². The van der Waals surface area contributed by atoms with Crippen LogP contribution in [0.25, 0.3) is 10.9 Å². The van der Waals surface area contributed by atoms with Crippen molar-refractivity contribution < 1.29 is 30.3 Å². The molecule has 0 spiro atoms. The molecule has 1 aromatic heterocycles. The van der Waals surface area contributed by atoms with E-state index in [2.05, 4.69) is 4.98 Å². The zero-order valence-corrected chi connectivity index (χ0v) is 10.8. The topological polar surface area (TPSA) is 151 Å². The van der Waals surface area contributed by atoms with Crippen LogP contribution in [0.1, 0.15) is 0 Å². The van der Waals surface area contributed by atoms with Gasteiger partial charge < -0.3 is 30.5 Å². The number of hydrogen-bond donors (Lipinski definition) is 6. The molecule has 0 amide bonds. The van der Waals surface area contributed by atoms with E-state index >= 15 is 0 Å². The van der Waals surface area contributed by atoms with E-state index in [9.17, 15) is 14.7 Å². The van der Waals surface area contributed by atoms with Crippen LogP contribution in [-0.4, -0.2) is 55.3 Å². The van der Waals surface area contributed by atoms with E-state index in [1.54, 1.807) is 24.3 Å². The molecule has 0 aliphatic heterocycles. The smallest absolute Gasteiger partial charge is 0.335 e. The number of aromatic nitrogens is 1. The highest BCUT2D eigenvalue weighted by Gasteiger charge is 2.21. The number of fused-ring (bicyclic) bond motifs is 1. The predicted octanol–water partition coefficient (Wildman–Crippen LogP) is -0.981. The fraction of sp³-hybridized carbons (Fsp3) is 0.231. The summed E-state index contributed by atoms with van der Waals surface area (Å²) >= 11 is 0. The monoisotopic (exact) mass is 297 g/mol. The summed E-state index contributed by atoms with van der Waals surface area (Å²) in [7, 11) is 0. The minimum atomic E-state index is -1.89. The van der Waals surface area contributed by atoms with Gasteiger partial charge in [0, 0.05) is 11.5 Å². The maximum absolute atomic E-state index is 10.9. The number of aromatic amines is 1. The molecule has 8 nitrogen and oxygen atoms in total. The Labute approximate surface area is 118 Å². The molecule has 0 saturated heterocycles. The number of aliphatic hydroxyl groups is 3. The SMILES string of the molecule is O=C(O)C(O)C(O)CO.O=c1cc(O)c2ccccc2[nH]1. The third-order valence-electron chi connectivity index (χ3n) is 2.53. The predicted molar refractivity (Wildman–Crippen MR) is 73.0 cm³/mol. The Morgan fingerprint density at radius 3 is 2.38 bits per heavy atom. The summed E-state index contributed by atoms with van der Waals surface area (Å²) < 4.78 is 0. The molecule has 2 atom stereocenters. The Hall–Kier alpha value is -2.42. The highest BCUT2D eigenvalue weighted by atomic mass is 16.4. The van der Waals surface area contributed by atoms with Gasteiger partial charge in [-0.25, -0.2) is 4.79 Å². The van der Waals surface area contributed by atoms with Crippen molar-refractivity contribution in [3.8, 4) is 5.75 Å². The number of aromatic hydroxyl groups is 1. The van der Waals surface area contributed by atoms with Crippen molar-refractivity contribution in [2.45, 2.75) is 12.2 Å². The molecule has 1 heterocycles. The zero-order valence-electron chi connectivity index (χ0n) is 10.8. The molecule has 21 heavy (non-hydrogen) atoms. The van der Waals surface area contributed by atoms with Gasteiger partial charge in [-0.2, -0.15) is 0 Å². The molecule has 0 radical (unpaired) electrons. The Bertz CT molecular complexity index is 667. The summed E-state index contributed by atoms with van der Waals surface area (Å²) in [5, 5.41) is 42.8. The van der Waals surface area contributed by atoms with Crippen molar-refractivity contribution in [1.29, 1.82) is 0 Å². The van der Waals surface area contributed by atoms with E-state index < -0.39 is 24.8 Å². The van der Waals surface area contributed by atoms with Crippen LogP contribution in [0.5, 0.6) is 5.75 Å². The Morgan fingerprint density at radius 2 is 1.86 bits per heavy atom. The van der Waals surface area contributed by atoms with Crippen molar-refractivity contribution in [3.63, 3.8) is 0 Å². The molecule has 6 N–H and O–H groups in total. The third kappa shape index (κ3) is 4.56. The number of rotatable bonds is 3. The average Bonchev–Trinajstić information content (AvgIpc) is 2.46. The van der Waals surface area contributed by atoms with Gasteiger partial charge in [-0.1, -0.05) is 12.1 Å². The van der Waals surface area contributed by atoms with Gasteiger partial charge in [0.1, 0.15) is 11.9 Å². The summed E-state index contributed by atoms with van der Waals surface area (Å²) in [6, 6.07) is 8.28. The van der Waals surface area contributed by atoms with Gasteiger partial charge in [-0.3, -0.25) is 4.79 Å². The van der Waals surface area contributed by atoms with Crippen LogP contribution in [0.15, 0.2) is 35.1 Å². The normalized spacial score (nSPS) is 13.1. The minimum Gasteiger partial charge on any atom is -0.507 e. The van der Waals surface area contributed by atoms with Crippen LogP contribution < -0.4 is 5.56 Å². The second-order valence-corrected chi connectivity index (χ2v) is 4.10. The number of para-hydroxylation sites is 1. The van der Waals surface area contributed by atoms with Gasteiger partial charge >= 0.3 is 5.97 Å². The van der Waals surface area contributed by atoms with Crippen molar-refractivity contribution in [2.75, 3.05) is 6.61 Å². The lowest BCUT2D eigenvalue weighted by molar-refractivity contribution is -0.154. The first-order valence-corrected chi connectivity index (χ1v) is 5.87. The first kappa shape index (κ1) is 16.6. The lowest BCUT2D eigenvalue weighted by atomic mass is 10.2. The second-order valence-electron chi connectivity index (χ2n) is 4.10. The van der Waals surface area contributed by atoms with Gasteiger partial charge in [-0.05, 0) is 12.1 Å². The largest absolute Gasteiger partial charge is 0.507 e. The highest BCUT2D eigenvalue weighted by Crippen LogP contribution is 2.19. The van der Waals surface area contributed by atoms with E-state index in [0.29, 0.717) is 10.9 Å². The molecule has 0 saturated carbocycles. The van der Waals surface area contributed by atoms with Gasteiger partial charge in [-0.15, -0.1) is 0 Å². The first-order valence-electron chi connectivity index (χ1n) is 5.87. The molecule has 8 heteroatoms. The summed E-state index contributed by atoms with van der Waals surface area (Å²) in [5.74, 6) is -1.52. The molecule has 1 aromatic carbocycles. The molecule has 0 bridgehead atoms. The van der Waals surface area contributed by atoms with Crippen molar-refractivity contribution in [1.82, 2.24) is 4.98 Å². The third-order valence-corrected chi connectivity index (χ3v) is 2.53. The number of hydrogen-bond acceptors (Lipinski definition) is 6. The van der Waals surface area contributed by atoms with Gasteiger partial charge in [0.05, 0.1) is 12.1 Å². The van der Waals surface area contributed by atoms with Gasteiger partial charge in [0.2, 0.25) is 0 Å². The van der Waals surface area contributed by atoms with Crippen molar-refractivity contribution in [3.05, 3.63) is 40.7 Å². The Kier molecular flexibility index (Phi) is 5.85. The van der Waals surface area contributed by atoms with Crippen LogP contribution in [0, 0.1) is 0 Å². The van der Waals surface area contributed by atoms with E-state index in [4.69, 9.17) is 20.4 Å².